The van der Waals surface area contributed by atoms with Crippen LogP contribution in [0, 0.1) is 17.0 Å². The number of hydrogen-bond acceptors (Lipinski definition) is 3. The van der Waals surface area contributed by atoms with E-state index < -0.39 is 17.0 Å². The summed E-state index contributed by atoms with van der Waals surface area (Å²) >= 11 is 1.07. The van der Waals surface area contributed by atoms with Crippen molar-refractivity contribution >= 4 is 29.3 Å². The Balaban J connectivity index is 2.64. The number of Topliss-reactive ketones (excluding diaryl/α,β-unsaturated/α-hetero) is 1. The second kappa shape index (κ2) is 6.20. The molecule has 0 atom stereocenters. The highest BCUT2D eigenvalue weighted by Gasteiger charge is 2.19. The lowest BCUT2D eigenvalue weighted by Crippen LogP contribution is -2.30. The van der Waals surface area contributed by atoms with Gasteiger partial charge in [-0.25, -0.2) is 8.78 Å². The van der Waals surface area contributed by atoms with Gasteiger partial charge < -0.3 is 4.57 Å². The third kappa shape index (κ3) is 3.82. The fourth-order valence-corrected chi connectivity index (χ4v) is 2.82. The minimum absolute atomic E-state index is 0.00218. The minimum Gasteiger partial charge on any atom is -0.302 e. The quantitative estimate of drug-likeness (QED) is 0.840. The van der Waals surface area contributed by atoms with Crippen LogP contribution in [-0.4, -0.2) is 10.4 Å². The van der Waals surface area contributed by atoms with Crippen molar-refractivity contribution < 1.29 is 13.6 Å². The van der Waals surface area contributed by atoms with E-state index in [-0.39, 0.29) is 21.4 Å². The molecule has 0 spiro atoms. The van der Waals surface area contributed by atoms with Crippen molar-refractivity contribution in [3.8, 4) is 0 Å². The second-order valence-electron chi connectivity index (χ2n) is 6.24. The maximum atomic E-state index is 13.7. The summed E-state index contributed by atoms with van der Waals surface area (Å²) in [7, 11) is 1.54. The summed E-state index contributed by atoms with van der Waals surface area (Å²) in [5.74, 6) is -1.31. The molecule has 0 aliphatic heterocycles. The molecule has 0 fully saturated rings. The molecular weight excluding hydrogens is 320 g/mol. The van der Waals surface area contributed by atoms with Gasteiger partial charge in [-0.1, -0.05) is 20.8 Å². The van der Waals surface area contributed by atoms with Crippen molar-refractivity contribution in [3.05, 3.63) is 54.9 Å². The van der Waals surface area contributed by atoms with Gasteiger partial charge in [0.25, 0.3) is 5.56 Å². The molecule has 6 heteroatoms. The Kier molecular flexibility index (Phi) is 4.66. The van der Waals surface area contributed by atoms with Crippen LogP contribution in [0.25, 0.3) is 12.2 Å². The fourth-order valence-electron chi connectivity index (χ4n) is 1.80. The summed E-state index contributed by atoms with van der Waals surface area (Å²) in [5, 5.41) is 0. The first-order valence-corrected chi connectivity index (χ1v) is 7.80. The monoisotopic (exact) mass is 337 g/mol. The maximum absolute atomic E-state index is 13.7. The number of rotatable bonds is 2. The fraction of sp³-hybridized carbons (Fsp3) is 0.294. The van der Waals surface area contributed by atoms with Crippen LogP contribution >= 0.6 is 11.3 Å². The highest BCUT2D eigenvalue weighted by Crippen LogP contribution is 2.14. The highest BCUT2D eigenvalue weighted by atomic mass is 32.1. The number of aromatic nitrogens is 1. The Morgan fingerprint density at radius 1 is 1.26 bits per heavy atom. The molecule has 0 aliphatic carbocycles. The lowest BCUT2D eigenvalue weighted by Gasteiger charge is -2.12. The first kappa shape index (κ1) is 17.3. The van der Waals surface area contributed by atoms with Crippen molar-refractivity contribution in [3.63, 3.8) is 0 Å². The first-order valence-electron chi connectivity index (χ1n) is 6.98. The van der Waals surface area contributed by atoms with E-state index in [1.54, 1.807) is 27.8 Å². The molecule has 2 rings (SSSR count). The van der Waals surface area contributed by atoms with E-state index in [2.05, 4.69) is 0 Å². The van der Waals surface area contributed by atoms with E-state index in [0.717, 1.165) is 29.5 Å². The molecule has 0 aliphatic rings. The number of carbonyl (C=O) groups is 1. The molecule has 1 heterocycles. The second-order valence-corrected chi connectivity index (χ2v) is 7.30. The molecule has 0 amide bonds. The maximum Gasteiger partial charge on any atom is 0.268 e. The number of benzene rings is 1. The van der Waals surface area contributed by atoms with Gasteiger partial charge >= 0.3 is 0 Å². The third-order valence-electron chi connectivity index (χ3n) is 3.30. The van der Waals surface area contributed by atoms with Crippen LogP contribution in [0.5, 0.6) is 0 Å². The summed E-state index contributed by atoms with van der Waals surface area (Å²) in [5.41, 5.74) is -0.914. The molecule has 0 saturated heterocycles. The zero-order valence-corrected chi connectivity index (χ0v) is 14.1. The van der Waals surface area contributed by atoms with Gasteiger partial charge in [-0.15, -0.1) is 11.3 Å². The van der Waals surface area contributed by atoms with Crippen LogP contribution in [0.2, 0.25) is 0 Å². The molecule has 3 nitrogen and oxygen atoms in total. The molecule has 2 aromatic rings. The van der Waals surface area contributed by atoms with E-state index in [1.807, 2.05) is 0 Å². The lowest BCUT2D eigenvalue weighted by atomic mass is 9.91. The van der Waals surface area contributed by atoms with Crippen molar-refractivity contribution in [2.24, 2.45) is 12.5 Å². The highest BCUT2D eigenvalue weighted by molar-refractivity contribution is 7.07. The van der Waals surface area contributed by atoms with Crippen LogP contribution in [0.4, 0.5) is 8.78 Å². The van der Waals surface area contributed by atoms with Crippen LogP contribution in [0.1, 0.15) is 26.3 Å². The first-order chi connectivity index (χ1) is 10.6. The van der Waals surface area contributed by atoms with E-state index >= 15 is 0 Å². The Morgan fingerprint density at radius 3 is 2.52 bits per heavy atom. The van der Waals surface area contributed by atoms with E-state index in [9.17, 15) is 18.4 Å². The summed E-state index contributed by atoms with van der Waals surface area (Å²) in [6, 6.07) is 3.05. The SMILES string of the molecule is Cn1c(=O)/c(=C/c2cc(F)ccc2F)s/c1=C/C(=O)C(C)(C)C. The number of nitrogens with zero attached hydrogens (tertiary/aromatic N) is 1. The van der Waals surface area contributed by atoms with Gasteiger partial charge in [0.15, 0.2) is 5.78 Å². The van der Waals surface area contributed by atoms with Gasteiger partial charge in [0.2, 0.25) is 0 Å². The van der Waals surface area contributed by atoms with Gasteiger partial charge in [-0.05, 0) is 24.3 Å². The Hall–Kier alpha value is -2.08. The number of hydrogen-bond donors (Lipinski definition) is 0. The van der Waals surface area contributed by atoms with E-state index in [4.69, 9.17) is 0 Å². The van der Waals surface area contributed by atoms with E-state index in [0.29, 0.717) is 4.66 Å². The number of halogens is 2. The summed E-state index contributed by atoms with van der Waals surface area (Å²) in [6.45, 7) is 5.35. The normalized spacial score (nSPS) is 13.7. The van der Waals surface area contributed by atoms with Gasteiger partial charge in [0.1, 0.15) is 16.3 Å². The average Bonchev–Trinajstić information content (AvgIpc) is 2.70. The molecule has 0 bridgehead atoms. The topological polar surface area (TPSA) is 39.1 Å². The molecule has 0 saturated carbocycles. The zero-order valence-electron chi connectivity index (χ0n) is 13.3. The molecule has 122 valence electrons. The summed E-state index contributed by atoms with van der Waals surface area (Å²) in [6.07, 6.45) is 2.70. The van der Waals surface area contributed by atoms with Crippen LogP contribution in [0.3, 0.4) is 0 Å². The lowest BCUT2D eigenvalue weighted by molar-refractivity contribution is -0.120. The van der Waals surface area contributed by atoms with Crippen molar-refractivity contribution in [1.29, 1.82) is 0 Å². The van der Waals surface area contributed by atoms with Crippen molar-refractivity contribution in [1.82, 2.24) is 4.57 Å². The standard InChI is InChI=1S/C17H17F2NO2S/c1-17(2,3)14(21)9-15-20(4)16(22)13(23-15)8-10-7-11(18)5-6-12(10)19/h5-9H,1-4H3/b13-8-,15-9+. The van der Waals surface area contributed by atoms with E-state index in [1.165, 1.54) is 16.7 Å². The Labute approximate surface area is 136 Å². The molecule has 0 N–H and O–H groups in total. The molecule has 0 unspecified atom stereocenters. The third-order valence-corrected chi connectivity index (χ3v) is 4.41. The number of ketones is 1. The minimum atomic E-state index is -0.613. The predicted octanol–water partition coefficient (Wildman–Crippen LogP) is 1.95. The smallest absolute Gasteiger partial charge is 0.268 e. The van der Waals surface area contributed by atoms with Crippen molar-refractivity contribution in [2.45, 2.75) is 20.8 Å². The number of carbonyl (C=O) groups excluding carboxylic acids is 1. The Morgan fingerprint density at radius 2 is 1.91 bits per heavy atom. The zero-order chi connectivity index (χ0) is 17.4. The predicted molar refractivity (Wildman–Crippen MR) is 87.7 cm³/mol. The molecule has 1 aromatic carbocycles. The van der Waals surface area contributed by atoms with Crippen LogP contribution < -0.4 is 14.8 Å². The van der Waals surface area contributed by atoms with Crippen molar-refractivity contribution in [2.75, 3.05) is 0 Å². The summed E-state index contributed by atoms with van der Waals surface area (Å²) < 4.78 is 29.0. The molecule has 0 radical (unpaired) electrons. The van der Waals surface area contributed by atoms with Crippen LogP contribution in [-0.2, 0) is 11.8 Å². The van der Waals surface area contributed by atoms with Gasteiger partial charge in [-0.2, -0.15) is 0 Å². The Bertz CT molecular complexity index is 933. The molecule has 1 aromatic heterocycles. The molecule has 23 heavy (non-hydrogen) atoms. The average molecular weight is 337 g/mol. The van der Waals surface area contributed by atoms with Gasteiger partial charge in [-0.3, -0.25) is 9.59 Å². The largest absolute Gasteiger partial charge is 0.302 e. The van der Waals surface area contributed by atoms with Gasteiger partial charge in [0, 0.05) is 24.1 Å². The number of thiazole rings is 1. The molecular formula is C17H17F2NO2S. The summed E-state index contributed by atoms with van der Waals surface area (Å²) in [4.78, 5) is 24.3. The van der Waals surface area contributed by atoms with Gasteiger partial charge in [0.05, 0.1) is 4.53 Å². The van der Waals surface area contributed by atoms with Crippen LogP contribution in [0.15, 0.2) is 23.0 Å².